The molecule has 2 heterocycles. The van der Waals surface area contributed by atoms with Gasteiger partial charge in [-0.15, -0.1) is 0 Å². The Kier molecular flexibility index (Phi) is 5.56. The molecule has 1 aliphatic rings. The summed E-state index contributed by atoms with van der Waals surface area (Å²) in [5.74, 6) is 0.758. The van der Waals surface area contributed by atoms with Crippen molar-refractivity contribution in [3.05, 3.63) is 75.0 Å². The smallest absolute Gasteiger partial charge is 0.253 e. The predicted molar refractivity (Wildman–Crippen MR) is 114 cm³/mol. The van der Waals surface area contributed by atoms with Gasteiger partial charge in [-0.25, -0.2) is 0 Å². The van der Waals surface area contributed by atoms with E-state index in [4.69, 9.17) is 16.3 Å². The summed E-state index contributed by atoms with van der Waals surface area (Å²) in [6, 6.07) is 14.1. The van der Waals surface area contributed by atoms with Crippen LogP contribution in [0.4, 0.5) is 0 Å². The molecule has 0 unspecified atom stereocenters. The number of benzene rings is 2. The third kappa shape index (κ3) is 4.13. The van der Waals surface area contributed by atoms with E-state index < -0.39 is 0 Å². The van der Waals surface area contributed by atoms with Crippen molar-refractivity contribution in [2.75, 3.05) is 33.3 Å². The second-order valence-electron chi connectivity index (χ2n) is 7.12. The number of fused-ring (bicyclic) bond motifs is 1. The van der Waals surface area contributed by atoms with Crippen LogP contribution in [0, 0.1) is 0 Å². The number of carbonyl (C=O) groups is 1. The van der Waals surface area contributed by atoms with Gasteiger partial charge in [0.25, 0.3) is 5.91 Å². The molecule has 1 fully saturated rings. The van der Waals surface area contributed by atoms with E-state index >= 15 is 0 Å². The SMILES string of the molecule is COc1ccc(C(=O)N2CCN(Cc3cc(=O)c4cccc(Cl)c4[nH]3)CC2)cc1. The van der Waals surface area contributed by atoms with Crippen LogP contribution in [0.15, 0.2) is 53.3 Å². The third-order valence-corrected chi connectivity index (χ3v) is 5.58. The highest BCUT2D eigenvalue weighted by atomic mass is 35.5. The number of H-pyrrole nitrogens is 1. The number of hydrogen-bond acceptors (Lipinski definition) is 4. The summed E-state index contributed by atoms with van der Waals surface area (Å²) in [5.41, 5.74) is 2.12. The first kappa shape index (κ1) is 19.5. The van der Waals surface area contributed by atoms with Crippen molar-refractivity contribution in [3.8, 4) is 5.75 Å². The lowest BCUT2D eigenvalue weighted by atomic mass is 10.1. The van der Waals surface area contributed by atoms with Crippen molar-refractivity contribution in [1.29, 1.82) is 0 Å². The summed E-state index contributed by atoms with van der Waals surface area (Å²) < 4.78 is 5.14. The topological polar surface area (TPSA) is 65.6 Å². The van der Waals surface area contributed by atoms with Crippen LogP contribution in [-0.2, 0) is 6.54 Å². The number of nitrogens with zero attached hydrogens (tertiary/aromatic N) is 2. The van der Waals surface area contributed by atoms with Gasteiger partial charge in [0.2, 0.25) is 0 Å². The van der Waals surface area contributed by atoms with E-state index in [-0.39, 0.29) is 11.3 Å². The predicted octanol–water partition coefficient (Wildman–Crippen LogP) is 3.15. The van der Waals surface area contributed by atoms with Gasteiger partial charge in [0, 0.05) is 55.4 Å². The molecule has 3 aromatic rings. The number of piperazine rings is 1. The van der Waals surface area contributed by atoms with Gasteiger partial charge < -0.3 is 14.6 Å². The van der Waals surface area contributed by atoms with Crippen LogP contribution in [-0.4, -0.2) is 54.0 Å². The molecule has 7 heteroatoms. The van der Waals surface area contributed by atoms with E-state index in [1.807, 2.05) is 4.90 Å². The van der Waals surface area contributed by atoms with E-state index in [0.717, 1.165) is 24.5 Å². The Balaban J connectivity index is 1.41. The van der Waals surface area contributed by atoms with Crippen LogP contribution >= 0.6 is 11.6 Å². The number of rotatable bonds is 4. The largest absolute Gasteiger partial charge is 0.497 e. The molecule has 1 aliphatic heterocycles. The highest BCUT2D eigenvalue weighted by molar-refractivity contribution is 6.35. The summed E-state index contributed by atoms with van der Waals surface area (Å²) in [7, 11) is 1.60. The minimum atomic E-state index is -0.0374. The van der Waals surface area contributed by atoms with E-state index in [9.17, 15) is 9.59 Å². The molecule has 6 nitrogen and oxygen atoms in total. The number of aromatic amines is 1. The van der Waals surface area contributed by atoms with Crippen LogP contribution in [0.25, 0.3) is 10.9 Å². The van der Waals surface area contributed by atoms with E-state index in [1.54, 1.807) is 55.6 Å². The maximum absolute atomic E-state index is 12.7. The summed E-state index contributed by atoms with van der Waals surface area (Å²) >= 11 is 6.24. The first-order chi connectivity index (χ1) is 14.0. The molecular formula is C22H22ClN3O3. The Morgan fingerprint density at radius 1 is 1.10 bits per heavy atom. The monoisotopic (exact) mass is 411 g/mol. The van der Waals surface area contributed by atoms with E-state index in [1.165, 1.54) is 0 Å². The van der Waals surface area contributed by atoms with Gasteiger partial charge in [0.1, 0.15) is 5.75 Å². The number of para-hydroxylation sites is 1. The quantitative estimate of drug-likeness (QED) is 0.716. The number of aromatic nitrogens is 1. The molecule has 0 aliphatic carbocycles. The Labute approximate surface area is 173 Å². The average molecular weight is 412 g/mol. The fourth-order valence-corrected chi connectivity index (χ4v) is 3.86. The molecule has 1 amide bonds. The number of hydrogen-bond donors (Lipinski definition) is 1. The maximum Gasteiger partial charge on any atom is 0.253 e. The summed E-state index contributed by atoms with van der Waals surface area (Å²) in [5, 5.41) is 1.13. The molecule has 29 heavy (non-hydrogen) atoms. The molecule has 150 valence electrons. The fraction of sp³-hybridized carbons (Fsp3) is 0.273. The number of methoxy groups -OCH3 is 1. The van der Waals surface area contributed by atoms with Crippen LogP contribution in [0.1, 0.15) is 16.1 Å². The lowest BCUT2D eigenvalue weighted by Gasteiger charge is -2.34. The van der Waals surface area contributed by atoms with Crippen molar-refractivity contribution in [3.63, 3.8) is 0 Å². The van der Waals surface area contributed by atoms with Gasteiger partial charge in [-0.05, 0) is 36.4 Å². The minimum Gasteiger partial charge on any atom is -0.497 e. The van der Waals surface area contributed by atoms with E-state index in [0.29, 0.717) is 41.1 Å². The highest BCUT2D eigenvalue weighted by Gasteiger charge is 2.22. The van der Waals surface area contributed by atoms with Gasteiger partial charge in [0.05, 0.1) is 17.6 Å². The molecule has 4 rings (SSSR count). The maximum atomic E-state index is 12.7. The normalized spacial score (nSPS) is 14.9. The van der Waals surface area contributed by atoms with Crippen LogP contribution < -0.4 is 10.2 Å². The standard InChI is InChI=1S/C22H22ClN3O3/c1-29-17-7-5-15(6-8-17)22(28)26-11-9-25(10-12-26)14-16-13-20(27)18-3-2-4-19(23)21(18)24-16/h2-8,13H,9-12,14H2,1H3,(H,24,27). The highest BCUT2D eigenvalue weighted by Crippen LogP contribution is 2.20. The summed E-state index contributed by atoms with van der Waals surface area (Å²) in [4.78, 5) is 32.5. The molecule has 0 spiro atoms. The molecule has 2 aromatic carbocycles. The van der Waals surface area contributed by atoms with Crippen molar-refractivity contribution < 1.29 is 9.53 Å². The lowest BCUT2D eigenvalue weighted by Crippen LogP contribution is -2.48. The molecule has 0 atom stereocenters. The second-order valence-corrected chi connectivity index (χ2v) is 7.53. The second kappa shape index (κ2) is 8.27. The Hall–Kier alpha value is -2.83. The number of nitrogens with one attached hydrogen (secondary N) is 1. The first-order valence-corrected chi connectivity index (χ1v) is 9.89. The fourth-order valence-electron chi connectivity index (χ4n) is 3.64. The van der Waals surface area contributed by atoms with Crippen molar-refractivity contribution in [1.82, 2.24) is 14.8 Å². The van der Waals surface area contributed by atoms with Gasteiger partial charge >= 0.3 is 0 Å². The molecule has 1 N–H and O–H groups in total. The lowest BCUT2D eigenvalue weighted by molar-refractivity contribution is 0.0627. The number of ether oxygens (including phenoxy) is 1. The van der Waals surface area contributed by atoms with Gasteiger partial charge in [0.15, 0.2) is 5.43 Å². The van der Waals surface area contributed by atoms with Gasteiger partial charge in [-0.1, -0.05) is 17.7 Å². The number of amides is 1. The van der Waals surface area contributed by atoms with Crippen molar-refractivity contribution in [2.45, 2.75) is 6.54 Å². The number of carbonyl (C=O) groups excluding carboxylic acids is 1. The molecule has 0 bridgehead atoms. The minimum absolute atomic E-state index is 0.0261. The van der Waals surface area contributed by atoms with Crippen LogP contribution in [0.3, 0.4) is 0 Å². The van der Waals surface area contributed by atoms with Crippen LogP contribution in [0.2, 0.25) is 5.02 Å². The number of halogens is 1. The van der Waals surface area contributed by atoms with E-state index in [2.05, 4.69) is 9.88 Å². The Morgan fingerprint density at radius 2 is 1.83 bits per heavy atom. The molecule has 1 saturated heterocycles. The Bertz CT molecular complexity index is 1090. The van der Waals surface area contributed by atoms with Gasteiger partial charge in [-0.3, -0.25) is 14.5 Å². The van der Waals surface area contributed by atoms with Crippen LogP contribution in [0.5, 0.6) is 5.75 Å². The molecule has 0 saturated carbocycles. The molecular weight excluding hydrogens is 390 g/mol. The average Bonchev–Trinajstić information content (AvgIpc) is 2.75. The molecule has 0 radical (unpaired) electrons. The zero-order valence-electron chi connectivity index (χ0n) is 16.2. The summed E-state index contributed by atoms with van der Waals surface area (Å²) in [6.45, 7) is 3.38. The third-order valence-electron chi connectivity index (χ3n) is 5.26. The van der Waals surface area contributed by atoms with Crippen molar-refractivity contribution >= 4 is 28.4 Å². The Morgan fingerprint density at radius 3 is 2.52 bits per heavy atom. The zero-order chi connectivity index (χ0) is 20.4. The zero-order valence-corrected chi connectivity index (χ0v) is 16.9. The first-order valence-electron chi connectivity index (χ1n) is 9.51. The molecule has 1 aromatic heterocycles. The summed E-state index contributed by atoms with van der Waals surface area (Å²) in [6.07, 6.45) is 0. The van der Waals surface area contributed by atoms with Crippen molar-refractivity contribution in [2.24, 2.45) is 0 Å². The van der Waals surface area contributed by atoms with Gasteiger partial charge in [-0.2, -0.15) is 0 Å². The number of pyridine rings is 1.